The summed E-state index contributed by atoms with van der Waals surface area (Å²) in [5.74, 6) is 3.42. The number of hydrogen-bond acceptors (Lipinski definition) is 2. The van der Waals surface area contributed by atoms with Crippen LogP contribution in [-0.4, -0.2) is 17.3 Å². The number of Topliss-reactive ketones (excluding diaryl/α,β-unsaturated/α-hetero) is 1. The van der Waals surface area contributed by atoms with Crippen LogP contribution < -0.4 is 0 Å². The molecule has 2 unspecified atom stereocenters. The third-order valence-electron chi connectivity index (χ3n) is 3.03. The summed E-state index contributed by atoms with van der Waals surface area (Å²) in [4.78, 5) is 11.1. The standard InChI is InChI=1S/C9H14OS/c1-7(10)8-5-9(8)3-2-4-11-6-9/h8H,2-6H2,1H3. The maximum atomic E-state index is 11.1. The van der Waals surface area contributed by atoms with Gasteiger partial charge in [-0.15, -0.1) is 0 Å². The van der Waals surface area contributed by atoms with Crippen LogP contribution in [-0.2, 0) is 4.79 Å². The van der Waals surface area contributed by atoms with Gasteiger partial charge in [-0.05, 0) is 43.1 Å². The largest absolute Gasteiger partial charge is 0.300 e. The Balaban J connectivity index is 1.99. The SMILES string of the molecule is CC(=O)C1CC12CCCSC2. The second-order valence-electron chi connectivity index (χ2n) is 3.89. The molecule has 2 rings (SSSR count). The molecule has 2 aliphatic rings. The van der Waals surface area contributed by atoms with Crippen LogP contribution in [0.3, 0.4) is 0 Å². The van der Waals surface area contributed by atoms with Gasteiger partial charge in [0.25, 0.3) is 0 Å². The first-order chi connectivity index (χ1) is 5.25. The Bertz CT molecular complexity index is 182. The Morgan fingerprint density at radius 3 is 2.91 bits per heavy atom. The first-order valence-electron chi connectivity index (χ1n) is 4.33. The fraction of sp³-hybridized carbons (Fsp3) is 0.889. The van der Waals surface area contributed by atoms with E-state index in [4.69, 9.17) is 0 Å². The summed E-state index contributed by atoms with van der Waals surface area (Å²) < 4.78 is 0. The lowest BCUT2D eigenvalue weighted by Crippen LogP contribution is -2.16. The predicted octanol–water partition coefficient (Wildman–Crippen LogP) is 2.11. The summed E-state index contributed by atoms with van der Waals surface area (Å²) in [6.45, 7) is 1.75. The van der Waals surface area contributed by atoms with Crippen molar-refractivity contribution in [1.29, 1.82) is 0 Å². The van der Waals surface area contributed by atoms with Crippen molar-refractivity contribution < 1.29 is 4.79 Å². The van der Waals surface area contributed by atoms with Crippen LogP contribution in [0.5, 0.6) is 0 Å². The van der Waals surface area contributed by atoms with Crippen molar-refractivity contribution in [1.82, 2.24) is 0 Å². The molecule has 0 aromatic heterocycles. The van der Waals surface area contributed by atoms with Gasteiger partial charge in [0.05, 0.1) is 0 Å². The molecule has 1 spiro atoms. The van der Waals surface area contributed by atoms with E-state index in [9.17, 15) is 4.79 Å². The van der Waals surface area contributed by atoms with Crippen LogP contribution in [0.4, 0.5) is 0 Å². The Morgan fingerprint density at radius 2 is 2.45 bits per heavy atom. The lowest BCUT2D eigenvalue weighted by Gasteiger charge is -2.21. The molecule has 0 N–H and O–H groups in total. The Hall–Kier alpha value is 0.0200. The van der Waals surface area contributed by atoms with Crippen molar-refractivity contribution in [3.05, 3.63) is 0 Å². The minimum Gasteiger partial charge on any atom is -0.300 e. The maximum Gasteiger partial charge on any atom is 0.133 e. The van der Waals surface area contributed by atoms with Gasteiger partial charge in [0, 0.05) is 5.92 Å². The highest BCUT2D eigenvalue weighted by Gasteiger charge is 2.56. The zero-order chi connectivity index (χ0) is 7.90. The number of hydrogen-bond donors (Lipinski definition) is 0. The monoisotopic (exact) mass is 170 g/mol. The van der Waals surface area contributed by atoms with Gasteiger partial charge in [0.15, 0.2) is 0 Å². The molecule has 1 aliphatic carbocycles. The molecule has 0 bridgehead atoms. The lowest BCUT2D eigenvalue weighted by atomic mass is 9.98. The van der Waals surface area contributed by atoms with Gasteiger partial charge in [-0.3, -0.25) is 4.79 Å². The van der Waals surface area contributed by atoms with E-state index in [0.29, 0.717) is 17.1 Å². The van der Waals surface area contributed by atoms with Crippen molar-refractivity contribution in [2.24, 2.45) is 11.3 Å². The maximum absolute atomic E-state index is 11.1. The third kappa shape index (κ3) is 1.22. The average Bonchev–Trinajstić information content (AvgIpc) is 2.66. The molecular weight excluding hydrogens is 156 g/mol. The number of ketones is 1. The second-order valence-corrected chi connectivity index (χ2v) is 4.99. The van der Waals surface area contributed by atoms with E-state index >= 15 is 0 Å². The fourth-order valence-electron chi connectivity index (χ4n) is 2.23. The number of thioether (sulfide) groups is 1. The van der Waals surface area contributed by atoms with Crippen LogP contribution >= 0.6 is 11.8 Å². The Morgan fingerprint density at radius 1 is 1.64 bits per heavy atom. The van der Waals surface area contributed by atoms with E-state index in [1.54, 1.807) is 6.92 Å². The zero-order valence-electron chi connectivity index (χ0n) is 6.93. The summed E-state index contributed by atoms with van der Waals surface area (Å²) in [6, 6.07) is 0. The Labute approximate surface area is 71.9 Å². The van der Waals surface area contributed by atoms with E-state index in [-0.39, 0.29) is 0 Å². The minimum absolute atomic E-state index is 0.424. The van der Waals surface area contributed by atoms with Crippen LogP contribution in [0, 0.1) is 11.3 Å². The van der Waals surface area contributed by atoms with E-state index in [1.807, 2.05) is 11.8 Å². The number of rotatable bonds is 1. The number of carbonyl (C=O) groups excluding carboxylic acids is 1. The summed E-state index contributed by atoms with van der Waals surface area (Å²) in [5.41, 5.74) is 0.481. The van der Waals surface area contributed by atoms with Crippen LogP contribution in [0.2, 0.25) is 0 Å². The molecule has 1 nitrogen and oxygen atoms in total. The van der Waals surface area contributed by atoms with Crippen LogP contribution in [0.25, 0.3) is 0 Å². The van der Waals surface area contributed by atoms with Gasteiger partial charge < -0.3 is 0 Å². The fourth-order valence-corrected chi connectivity index (χ4v) is 3.59. The van der Waals surface area contributed by atoms with E-state index in [0.717, 1.165) is 0 Å². The van der Waals surface area contributed by atoms with Crippen LogP contribution in [0.15, 0.2) is 0 Å². The molecule has 1 aliphatic heterocycles. The molecule has 2 heteroatoms. The second kappa shape index (κ2) is 2.51. The smallest absolute Gasteiger partial charge is 0.133 e. The van der Waals surface area contributed by atoms with Gasteiger partial charge in [0.1, 0.15) is 5.78 Å². The highest BCUT2D eigenvalue weighted by atomic mass is 32.2. The average molecular weight is 170 g/mol. The lowest BCUT2D eigenvalue weighted by molar-refractivity contribution is -0.118. The molecule has 1 heterocycles. The van der Waals surface area contributed by atoms with Crippen molar-refractivity contribution in [3.63, 3.8) is 0 Å². The third-order valence-corrected chi connectivity index (χ3v) is 4.39. The van der Waals surface area contributed by atoms with Crippen molar-refractivity contribution in [2.45, 2.75) is 26.2 Å². The highest BCUT2D eigenvalue weighted by Crippen LogP contribution is 2.59. The molecule has 2 fully saturated rings. The summed E-state index contributed by atoms with van der Waals surface area (Å²) in [5, 5.41) is 0. The molecular formula is C9H14OS. The van der Waals surface area contributed by atoms with Crippen molar-refractivity contribution in [3.8, 4) is 0 Å². The topological polar surface area (TPSA) is 17.1 Å². The molecule has 2 atom stereocenters. The van der Waals surface area contributed by atoms with E-state index in [2.05, 4.69) is 0 Å². The van der Waals surface area contributed by atoms with Gasteiger partial charge in [-0.1, -0.05) is 0 Å². The molecule has 1 saturated heterocycles. The summed E-state index contributed by atoms with van der Waals surface area (Å²) in [6.07, 6.45) is 3.83. The molecule has 0 radical (unpaired) electrons. The van der Waals surface area contributed by atoms with Crippen LogP contribution in [0.1, 0.15) is 26.2 Å². The molecule has 0 amide bonds. The first kappa shape index (κ1) is 7.66. The van der Waals surface area contributed by atoms with E-state index in [1.165, 1.54) is 30.8 Å². The molecule has 1 saturated carbocycles. The van der Waals surface area contributed by atoms with Gasteiger partial charge in [0.2, 0.25) is 0 Å². The normalized spacial score (nSPS) is 42.5. The van der Waals surface area contributed by atoms with Gasteiger partial charge in [-0.2, -0.15) is 11.8 Å². The summed E-state index contributed by atoms with van der Waals surface area (Å²) in [7, 11) is 0. The quantitative estimate of drug-likeness (QED) is 0.599. The van der Waals surface area contributed by atoms with E-state index < -0.39 is 0 Å². The molecule has 0 aromatic rings. The summed E-state index contributed by atoms with van der Waals surface area (Å²) >= 11 is 2.03. The highest BCUT2D eigenvalue weighted by molar-refractivity contribution is 7.99. The Kier molecular flexibility index (Phi) is 1.75. The zero-order valence-corrected chi connectivity index (χ0v) is 7.75. The molecule has 62 valence electrons. The number of carbonyl (C=O) groups is 1. The molecule has 0 aromatic carbocycles. The predicted molar refractivity (Wildman–Crippen MR) is 47.8 cm³/mol. The van der Waals surface area contributed by atoms with Gasteiger partial charge >= 0.3 is 0 Å². The molecule has 11 heavy (non-hydrogen) atoms. The van der Waals surface area contributed by atoms with Crippen molar-refractivity contribution in [2.75, 3.05) is 11.5 Å². The minimum atomic E-state index is 0.424. The first-order valence-corrected chi connectivity index (χ1v) is 5.48. The van der Waals surface area contributed by atoms with Crippen molar-refractivity contribution >= 4 is 17.5 Å². The van der Waals surface area contributed by atoms with Gasteiger partial charge in [-0.25, -0.2) is 0 Å².